The number of nitrogens with one attached hydrogen (secondary N) is 1. The van der Waals surface area contributed by atoms with E-state index in [0.29, 0.717) is 18.2 Å². The SMILES string of the molecule is CCOCc1nc(N)cc(Nc2ccc(F)cc2F)n1. The second-order valence-electron chi connectivity index (χ2n) is 3.98. The lowest BCUT2D eigenvalue weighted by molar-refractivity contribution is 0.128. The van der Waals surface area contributed by atoms with Crippen molar-refractivity contribution in [3.8, 4) is 0 Å². The van der Waals surface area contributed by atoms with Gasteiger partial charge in [0.15, 0.2) is 5.82 Å². The average Bonchev–Trinajstić information content (AvgIpc) is 2.39. The summed E-state index contributed by atoms with van der Waals surface area (Å²) in [6, 6.07) is 4.68. The van der Waals surface area contributed by atoms with Crippen molar-refractivity contribution in [1.29, 1.82) is 0 Å². The number of hydrogen-bond acceptors (Lipinski definition) is 5. The van der Waals surface area contributed by atoms with Crippen molar-refractivity contribution in [2.75, 3.05) is 17.7 Å². The Morgan fingerprint density at radius 1 is 1.25 bits per heavy atom. The van der Waals surface area contributed by atoms with Crippen LogP contribution in [0.2, 0.25) is 0 Å². The summed E-state index contributed by atoms with van der Waals surface area (Å²) < 4.78 is 31.5. The highest BCUT2D eigenvalue weighted by Gasteiger charge is 2.07. The molecule has 0 unspecified atom stereocenters. The fourth-order valence-electron chi connectivity index (χ4n) is 1.57. The number of anilines is 3. The zero-order valence-corrected chi connectivity index (χ0v) is 10.9. The van der Waals surface area contributed by atoms with E-state index in [4.69, 9.17) is 10.5 Å². The minimum atomic E-state index is -0.714. The zero-order chi connectivity index (χ0) is 14.5. The van der Waals surface area contributed by atoms with E-state index < -0.39 is 11.6 Å². The van der Waals surface area contributed by atoms with Gasteiger partial charge in [0.1, 0.15) is 29.9 Å². The second-order valence-corrected chi connectivity index (χ2v) is 3.98. The fraction of sp³-hybridized carbons (Fsp3) is 0.231. The molecule has 0 amide bonds. The van der Waals surface area contributed by atoms with Crippen LogP contribution >= 0.6 is 0 Å². The van der Waals surface area contributed by atoms with E-state index in [0.717, 1.165) is 12.1 Å². The van der Waals surface area contributed by atoms with Crippen molar-refractivity contribution < 1.29 is 13.5 Å². The third kappa shape index (κ3) is 3.61. The highest BCUT2D eigenvalue weighted by atomic mass is 19.1. The lowest BCUT2D eigenvalue weighted by Crippen LogP contribution is -2.06. The van der Waals surface area contributed by atoms with Crippen LogP contribution in [-0.2, 0) is 11.3 Å². The van der Waals surface area contributed by atoms with Gasteiger partial charge in [0.2, 0.25) is 0 Å². The average molecular weight is 280 g/mol. The van der Waals surface area contributed by atoms with Crippen molar-refractivity contribution in [3.63, 3.8) is 0 Å². The van der Waals surface area contributed by atoms with Gasteiger partial charge in [-0.2, -0.15) is 0 Å². The first-order valence-electron chi connectivity index (χ1n) is 6.01. The van der Waals surface area contributed by atoms with Crippen LogP contribution in [0, 0.1) is 11.6 Å². The van der Waals surface area contributed by atoms with E-state index in [9.17, 15) is 8.78 Å². The van der Waals surface area contributed by atoms with Gasteiger partial charge in [0, 0.05) is 18.7 Å². The van der Waals surface area contributed by atoms with Gasteiger partial charge in [-0.1, -0.05) is 0 Å². The Kier molecular flexibility index (Phi) is 4.41. The molecule has 3 N–H and O–H groups in total. The van der Waals surface area contributed by atoms with E-state index in [2.05, 4.69) is 15.3 Å². The van der Waals surface area contributed by atoms with Crippen LogP contribution < -0.4 is 11.1 Å². The van der Waals surface area contributed by atoms with Crippen LogP contribution in [0.5, 0.6) is 0 Å². The van der Waals surface area contributed by atoms with Crippen molar-refractivity contribution in [2.24, 2.45) is 0 Å². The number of nitrogen functional groups attached to an aromatic ring is 1. The molecule has 0 radical (unpaired) electrons. The summed E-state index contributed by atoms with van der Waals surface area (Å²) in [6.07, 6.45) is 0. The van der Waals surface area contributed by atoms with E-state index in [1.165, 1.54) is 12.1 Å². The molecular weight excluding hydrogens is 266 g/mol. The van der Waals surface area contributed by atoms with Gasteiger partial charge in [-0.15, -0.1) is 0 Å². The molecule has 1 aromatic heterocycles. The number of ether oxygens (including phenoxy) is 1. The molecule has 0 atom stereocenters. The van der Waals surface area contributed by atoms with Gasteiger partial charge < -0.3 is 15.8 Å². The maximum Gasteiger partial charge on any atom is 0.158 e. The molecule has 2 rings (SSSR count). The monoisotopic (exact) mass is 280 g/mol. The first-order chi connectivity index (χ1) is 9.58. The van der Waals surface area contributed by atoms with Gasteiger partial charge in [0.05, 0.1) is 5.69 Å². The van der Waals surface area contributed by atoms with Crippen molar-refractivity contribution in [3.05, 3.63) is 41.7 Å². The van der Waals surface area contributed by atoms with Crippen molar-refractivity contribution in [1.82, 2.24) is 9.97 Å². The van der Waals surface area contributed by atoms with Gasteiger partial charge in [-0.3, -0.25) is 0 Å². The molecule has 0 saturated heterocycles. The Hall–Kier alpha value is -2.28. The summed E-state index contributed by atoms with van der Waals surface area (Å²) >= 11 is 0. The van der Waals surface area contributed by atoms with E-state index in [1.54, 1.807) is 0 Å². The fourth-order valence-corrected chi connectivity index (χ4v) is 1.57. The van der Waals surface area contributed by atoms with Crippen LogP contribution in [0.25, 0.3) is 0 Å². The van der Waals surface area contributed by atoms with Gasteiger partial charge >= 0.3 is 0 Å². The lowest BCUT2D eigenvalue weighted by Gasteiger charge is -2.09. The second kappa shape index (κ2) is 6.25. The van der Waals surface area contributed by atoms with E-state index in [-0.39, 0.29) is 18.1 Å². The number of rotatable bonds is 5. The summed E-state index contributed by atoms with van der Waals surface area (Å²) in [5.41, 5.74) is 5.75. The topological polar surface area (TPSA) is 73.1 Å². The Balaban J connectivity index is 2.21. The molecule has 106 valence electrons. The minimum Gasteiger partial charge on any atom is -0.384 e. The number of benzene rings is 1. The maximum atomic E-state index is 13.5. The Labute approximate surface area is 114 Å². The molecule has 5 nitrogen and oxygen atoms in total. The summed E-state index contributed by atoms with van der Waals surface area (Å²) in [5.74, 6) is -0.421. The number of nitrogens with two attached hydrogens (primary N) is 1. The van der Waals surface area contributed by atoms with Crippen LogP contribution in [0.4, 0.5) is 26.1 Å². The highest BCUT2D eigenvalue weighted by Crippen LogP contribution is 2.20. The molecule has 0 aliphatic rings. The van der Waals surface area contributed by atoms with Gasteiger partial charge in [0.25, 0.3) is 0 Å². The van der Waals surface area contributed by atoms with Crippen molar-refractivity contribution >= 4 is 17.3 Å². The molecular formula is C13H14F2N4O. The van der Waals surface area contributed by atoms with Gasteiger partial charge in [-0.25, -0.2) is 18.7 Å². The molecule has 20 heavy (non-hydrogen) atoms. The molecule has 0 aliphatic heterocycles. The zero-order valence-electron chi connectivity index (χ0n) is 10.9. The smallest absolute Gasteiger partial charge is 0.158 e. The first kappa shape index (κ1) is 14.1. The molecule has 0 fully saturated rings. The Morgan fingerprint density at radius 3 is 2.75 bits per heavy atom. The largest absolute Gasteiger partial charge is 0.384 e. The van der Waals surface area contributed by atoms with Crippen LogP contribution in [-0.4, -0.2) is 16.6 Å². The summed E-state index contributed by atoms with van der Waals surface area (Å²) in [7, 11) is 0. The van der Waals surface area contributed by atoms with Crippen molar-refractivity contribution in [2.45, 2.75) is 13.5 Å². The molecule has 0 saturated carbocycles. The number of halogens is 2. The number of hydrogen-bond donors (Lipinski definition) is 2. The van der Waals surface area contributed by atoms with Crippen LogP contribution in [0.1, 0.15) is 12.7 Å². The maximum absolute atomic E-state index is 13.5. The molecule has 7 heteroatoms. The molecule has 0 aliphatic carbocycles. The van der Waals surface area contributed by atoms with Crippen LogP contribution in [0.15, 0.2) is 24.3 Å². The molecule has 1 aromatic carbocycles. The van der Waals surface area contributed by atoms with E-state index in [1.807, 2.05) is 6.92 Å². The quantitative estimate of drug-likeness (QED) is 0.880. The van der Waals surface area contributed by atoms with Gasteiger partial charge in [-0.05, 0) is 19.1 Å². The predicted molar refractivity (Wildman–Crippen MR) is 71.4 cm³/mol. The number of aromatic nitrogens is 2. The third-order valence-electron chi connectivity index (χ3n) is 2.42. The third-order valence-corrected chi connectivity index (χ3v) is 2.42. The highest BCUT2D eigenvalue weighted by molar-refractivity contribution is 5.59. The first-order valence-corrected chi connectivity index (χ1v) is 6.01. The molecule has 2 aromatic rings. The minimum absolute atomic E-state index is 0.104. The van der Waals surface area contributed by atoms with E-state index >= 15 is 0 Å². The standard InChI is InChI=1S/C13H14F2N4O/c1-2-20-7-13-18-11(16)6-12(19-13)17-10-4-3-8(14)5-9(10)15/h3-6H,2,7H2,1H3,(H3,16,17,18,19). The Morgan fingerprint density at radius 2 is 2.05 bits per heavy atom. The summed E-state index contributed by atoms with van der Waals surface area (Å²) in [5, 5.41) is 2.73. The predicted octanol–water partition coefficient (Wildman–Crippen LogP) is 2.62. The molecule has 1 heterocycles. The summed E-state index contributed by atoms with van der Waals surface area (Å²) in [6.45, 7) is 2.58. The summed E-state index contributed by atoms with van der Waals surface area (Å²) in [4.78, 5) is 8.14. The molecule has 0 bridgehead atoms. The van der Waals surface area contributed by atoms with Crippen LogP contribution in [0.3, 0.4) is 0 Å². The number of nitrogens with zero attached hydrogens (tertiary/aromatic N) is 2. The normalized spacial score (nSPS) is 10.6. The molecule has 0 spiro atoms. The lowest BCUT2D eigenvalue weighted by atomic mass is 10.3. The Bertz CT molecular complexity index is 607.